The Bertz CT molecular complexity index is 320. The van der Waals surface area contributed by atoms with Crippen molar-refractivity contribution in [2.75, 3.05) is 46.8 Å². The maximum Gasteiger partial charge on any atom is 0.314 e. The van der Waals surface area contributed by atoms with Gasteiger partial charge in [0, 0.05) is 46.7 Å². The first-order valence-electron chi connectivity index (χ1n) is 7.43. The summed E-state index contributed by atoms with van der Waals surface area (Å²) in [6.07, 6.45) is 2.90. The third kappa shape index (κ3) is 6.75. The summed E-state index contributed by atoms with van der Waals surface area (Å²) in [5.74, 6) is 0.780. The first-order valence-corrected chi connectivity index (χ1v) is 7.43. The van der Waals surface area contributed by atoms with Gasteiger partial charge in [-0.15, -0.1) is 0 Å². The fraction of sp³-hybridized carbons (Fsp3) is 0.857. The van der Waals surface area contributed by atoms with Gasteiger partial charge in [0.2, 0.25) is 5.91 Å². The zero-order valence-electron chi connectivity index (χ0n) is 12.9. The van der Waals surface area contributed by atoms with E-state index in [0.717, 1.165) is 25.6 Å². The third-order valence-corrected chi connectivity index (χ3v) is 3.58. The second-order valence-corrected chi connectivity index (χ2v) is 5.77. The summed E-state index contributed by atoms with van der Waals surface area (Å²) in [5, 5.41) is 5.53. The predicted octanol–water partition coefficient (Wildman–Crippen LogP) is 0.496. The van der Waals surface area contributed by atoms with Gasteiger partial charge in [0.15, 0.2) is 0 Å². The molecule has 1 fully saturated rings. The number of carbonyl (C=O) groups excluding carboxylic acids is 2. The molecule has 116 valence electrons. The number of piperidine rings is 1. The van der Waals surface area contributed by atoms with Crippen molar-refractivity contribution in [2.45, 2.75) is 26.2 Å². The van der Waals surface area contributed by atoms with Gasteiger partial charge in [0.25, 0.3) is 0 Å². The zero-order chi connectivity index (χ0) is 15.0. The van der Waals surface area contributed by atoms with Gasteiger partial charge in [-0.3, -0.25) is 4.79 Å². The third-order valence-electron chi connectivity index (χ3n) is 3.58. The Balaban J connectivity index is 2.04. The summed E-state index contributed by atoms with van der Waals surface area (Å²) in [6.45, 7) is 6.46. The number of urea groups is 1. The van der Waals surface area contributed by atoms with E-state index in [-0.39, 0.29) is 11.9 Å². The highest BCUT2D eigenvalue weighted by Gasteiger charge is 2.15. The average molecular weight is 284 g/mol. The number of rotatable bonds is 6. The lowest BCUT2D eigenvalue weighted by Crippen LogP contribution is -2.43. The highest BCUT2D eigenvalue weighted by atomic mass is 16.2. The maximum absolute atomic E-state index is 11.5. The summed E-state index contributed by atoms with van der Waals surface area (Å²) in [4.78, 5) is 26.8. The maximum atomic E-state index is 11.5. The van der Waals surface area contributed by atoms with Crippen molar-refractivity contribution in [1.82, 2.24) is 20.4 Å². The quantitative estimate of drug-likeness (QED) is 0.746. The van der Waals surface area contributed by atoms with Gasteiger partial charge in [0.1, 0.15) is 0 Å². The van der Waals surface area contributed by atoms with E-state index >= 15 is 0 Å². The van der Waals surface area contributed by atoms with Crippen molar-refractivity contribution >= 4 is 11.9 Å². The molecular weight excluding hydrogens is 256 g/mol. The van der Waals surface area contributed by atoms with Crippen molar-refractivity contribution < 1.29 is 9.59 Å². The van der Waals surface area contributed by atoms with Crippen molar-refractivity contribution in [3.8, 4) is 0 Å². The first kappa shape index (κ1) is 16.8. The lowest BCUT2D eigenvalue weighted by molar-refractivity contribution is -0.128. The smallest absolute Gasteiger partial charge is 0.314 e. The fourth-order valence-corrected chi connectivity index (χ4v) is 2.39. The standard InChI is InChI=1S/C14H28N4O2/c1-12-5-4-9-18(11-12)10-8-16-14(20)15-7-6-13(19)17(2)3/h12H,4-11H2,1-3H3,(H2,15,16,20). The Kier molecular flexibility index (Phi) is 7.36. The lowest BCUT2D eigenvalue weighted by Gasteiger charge is -2.30. The Labute approximate surface area is 121 Å². The van der Waals surface area contributed by atoms with E-state index in [4.69, 9.17) is 0 Å². The van der Waals surface area contributed by atoms with Gasteiger partial charge >= 0.3 is 6.03 Å². The van der Waals surface area contributed by atoms with Crippen LogP contribution in [0, 0.1) is 5.92 Å². The molecule has 1 unspecified atom stereocenters. The zero-order valence-corrected chi connectivity index (χ0v) is 12.9. The highest BCUT2D eigenvalue weighted by molar-refractivity contribution is 5.77. The summed E-state index contributed by atoms with van der Waals surface area (Å²) in [7, 11) is 3.42. The molecule has 6 nitrogen and oxygen atoms in total. The van der Waals surface area contributed by atoms with Crippen LogP contribution >= 0.6 is 0 Å². The molecule has 2 N–H and O–H groups in total. The van der Waals surface area contributed by atoms with E-state index in [2.05, 4.69) is 22.5 Å². The van der Waals surface area contributed by atoms with Gasteiger partial charge in [-0.2, -0.15) is 0 Å². The van der Waals surface area contributed by atoms with Gasteiger partial charge in [-0.1, -0.05) is 6.92 Å². The molecule has 1 rings (SSSR count). The number of nitrogens with one attached hydrogen (secondary N) is 2. The molecule has 3 amide bonds. The van der Waals surface area contributed by atoms with Crippen LogP contribution in [0.3, 0.4) is 0 Å². The second kappa shape index (κ2) is 8.79. The molecule has 0 aromatic rings. The number of likely N-dealkylation sites (tertiary alicyclic amines) is 1. The van der Waals surface area contributed by atoms with Crippen LogP contribution in [-0.2, 0) is 4.79 Å². The lowest BCUT2D eigenvalue weighted by atomic mass is 10.0. The van der Waals surface area contributed by atoms with E-state index < -0.39 is 0 Å². The summed E-state index contributed by atoms with van der Waals surface area (Å²) >= 11 is 0. The summed E-state index contributed by atoms with van der Waals surface area (Å²) < 4.78 is 0. The van der Waals surface area contributed by atoms with Gasteiger partial charge in [-0.05, 0) is 25.3 Å². The fourth-order valence-electron chi connectivity index (χ4n) is 2.39. The van der Waals surface area contributed by atoms with Crippen LogP contribution < -0.4 is 10.6 Å². The van der Waals surface area contributed by atoms with Crippen LogP contribution in [0.1, 0.15) is 26.2 Å². The minimum absolute atomic E-state index is 0.0209. The molecule has 0 aromatic heterocycles. The van der Waals surface area contributed by atoms with E-state index in [1.807, 2.05) is 0 Å². The number of hydrogen-bond donors (Lipinski definition) is 2. The number of hydrogen-bond acceptors (Lipinski definition) is 3. The molecule has 6 heteroatoms. The molecule has 1 aliphatic heterocycles. The van der Waals surface area contributed by atoms with Gasteiger partial charge < -0.3 is 20.4 Å². The minimum Gasteiger partial charge on any atom is -0.349 e. The summed E-state index contributed by atoms with van der Waals surface area (Å²) in [6, 6.07) is -0.193. The van der Waals surface area contributed by atoms with E-state index in [0.29, 0.717) is 19.5 Å². The van der Waals surface area contributed by atoms with Crippen LogP contribution in [0.2, 0.25) is 0 Å². The predicted molar refractivity (Wildman–Crippen MR) is 79.6 cm³/mol. The Hall–Kier alpha value is -1.30. The largest absolute Gasteiger partial charge is 0.349 e. The highest BCUT2D eigenvalue weighted by Crippen LogP contribution is 2.14. The average Bonchev–Trinajstić information content (AvgIpc) is 2.38. The van der Waals surface area contributed by atoms with Crippen molar-refractivity contribution in [3.05, 3.63) is 0 Å². The number of carbonyl (C=O) groups is 2. The Morgan fingerprint density at radius 3 is 2.60 bits per heavy atom. The van der Waals surface area contributed by atoms with Crippen molar-refractivity contribution in [1.29, 1.82) is 0 Å². The van der Waals surface area contributed by atoms with E-state index in [9.17, 15) is 9.59 Å². The molecule has 20 heavy (non-hydrogen) atoms. The first-order chi connectivity index (χ1) is 9.49. The number of nitrogens with zero attached hydrogens (tertiary/aromatic N) is 2. The van der Waals surface area contributed by atoms with Crippen molar-refractivity contribution in [2.24, 2.45) is 5.92 Å². The second-order valence-electron chi connectivity index (χ2n) is 5.77. The number of amides is 3. The Morgan fingerprint density at radius 1 is 1.25 bits per heavy atom. The van der Waals surface area contributed by atoms with Crippen molar-refractivity contribution in [3.63, 3.8) is 0 Å². The van der Waals surface area contributed by atoms with Crippen LogP contribution in [0.5, 0.6) is 0 Å². The van der Waals surface area contributed by atoms with Gasteiger partial charge in [-0.25, -0.2) is 4.79 Å². The molecule has 0 radical (unpaired) electrons. The summed E-state index contributed by atoms with van der Waals surface area (Å²) in [5.41, 5.74) is 0. The molecule has 0 aliphatic carbocycles. The molecule has 0 aromatic carbocycles. The Morgan fingerprint density at radius 2 is 1.95 bits per heavy atom. The van der Waals surface area contributed by atoms with E-state index in [1.165, 1.54) is 17.7 Å². The molecular formula is C14H28N4O2. The van der Waals surface area contributed by atoms with Crippen LogP contribution in [0.15, 0.2) is 0 Å². The van der Waals surface area contributed by atoms with Gasteiger partial charge in [0.05, 0.1) is 0 Å². The van der Waals surface area contributed by atoms with Crippen LogP contribution in [-0.4, -0.2) is 68.6 Å². The molecule has 1 heterocycles. The molecule has 1 atom stereocenters. The molecule has 0 bridgehead atoms. The monoisotopic (exact) mass is 284 g/mol. The SMILES string of the molecule is CC1CCCN(CCNC(=O)NCCC(=O)N(C)C)C1. The molecule has 1 saturated heterocycles. The normalized spacial score (nSPS) is 19.4. The van der Waals surface area contributed by atoms with E-state index in [1.54, 1.807) is 14.1 Å². The topological polar surface area (TPSA) is 64.7 Å². The van der Waals surface area contributed by atoms with Crippen LogP contribution in [0.4, 0.5) is 4.79 Å². The van der Waals surface area contributed by atoms with Crippen LogP contribution in [0.25, 0.3) is 0 Å². The molecule has 0 spiro atoms. The minimum atomic E-state index is -0.193. The molecule has 1 aliphatic rings. The molecule has 0 saturated carbocycles.